The number of aromatic nitrogens is 2. The lowest BCUT2D eigenvalue weighted by Gasteiger charge is -2.39. The first kappa shape index (κ1) is 48.4. The highest BCUT2D eigenvalue weighted by Crippen LogP contribution is 2.41. The zero-order valence-corrected chi connectivity index (χ0v) is 38.2. The van der Waals surface area contributed by atoms with Crippen LogP contribution in [0.2, 0.25) is 5.02 Å². The molecule has 0 bridgehead atoms. The Labute approximate surface area is 391 Å². The molecule has 1 saturated heterocycles. The SMILES string of the molecule is O=C1CCC(N2Cc3c(NC(=O)CCOCCOCCOCCCCCNC(=O)C4(Cc5cccc(Nc6nccs6)n5)CCC(Oc5cccc(Cl)c5F)CC4)cccc3C2=O)C(=O)N1. The molecule has 1 saturated carbocycles. The van der Waals surface area contributed by atoms with E-state index in [9.17, 15) is 28.4 Å². The van der Waals surface area contributed by atoms with Crippen molar-refractivity contribution in [3.05, 3.63) is 93.8 Å². The summed E-state index contributed by atoms with van der Waals surface area (Å²) in [6, 6.07) is 14.8. The number of carbonyl (C=O) groups is 5. The van der Waals surface area contributed by atoms with E-state index in [1.165, 1.54) is 22.3 Å². The molecule has 0 radical (unpaired) electrons. The molecule has 2 aliphatic heterocycles. The zero-order valence-electron chi connectivity index (χ0n) is 36.6. The number of hydrogen-bond acceptors (Lipinski definition) is 13. The average Bonchev–Trinajstić information content (AvgIpc) is 3.95. The predicted octanol–water partition coefficient (Wildman–Crippen LogP) is 6.75. The summed E-state index contributed by atoms with van der Waals surface area (Å²) in [4.78, 5) is 74.2. The van der Waals surface area contributed by atoms with Gasteiger partial charge in [0.25, 0.3) is 5.91 Å². The highest BCUT2D eigenvalue weighted by atomic mass is 35.5. The Balaban J connectivity index is 0.745. The van der Waals surface area contributed by atoms with E-state index < -0.39 is 23.2 Å². The van der Waals surface area contributed by atoms with Crippen LogP contribution in [0.5, 0.6) is 5.75 Å². The van der Waals surface area contributed by atoms with E-state index in [4.69, 9.17) is 35.5 Å². The number of hydrogen-bond donors (Lipinski definition) is 4. The van der Waals surface area contributed by atoms with Crippen LogP contribution in [0.4, 0.5) is 21.0 Å². The van der Waals surface area contributed by atoms with Gasteiger partial charge in [-0.3, -0.25) is 29.3 Å². The average molecular weight is 949 g/mol. The van der Waals surface area contributed by atoms with Crippen LogP contribution in [-0.2, 0) is 46.4 Å². The van der Waals surface area contributed by atoms with E-state index >= 15 is 0 Å². The molecule has 3 aliphatic rings. The van der Waals surface area contributed by atoms with Crippen LogP contribution in [0.1, 0.15) is 85.8 Å². The van der Waals surface area contributed by atoms with Crippen molar-refractivity contribution in [2.45, 2.75) is 89.3 Å². The van der Waals surface area contributed by atoms with Crippen molar-refractivity contribution in [2.75, 3.05) is 56.8 Å². The number of benzene rings is 2. The van der Waals surface area contributed by atoms with Crippen LogP contribution in [0.3, 0.4) is 0 Å². The number of nitrogens with zero attached hydrogens (tertiary/aromatic N) is 3. The third-order valence-electron chi connectivity index (χ3n) is 11.9. The Morgan fingerprint density at radius 1 is 0.909 bits per heavy atom. The summed E-state index contributed by atoms with van der Waals surface area (Å²) in [5, 5.41) is 14.2. The van der Waals surface area contributed by atoms with E-state index in [0.29, 0.717) is 94.3 Å². The second-order valence-corrected chi connectivity index (χ2v) is 17.8. The number of thiazole rings is 1. The second-order valence-electron chi connectivity index (χ2n) is 16.5. The number of imide groups is 1. The largest absolute Gasteiger partial charge is 0.487 e. The predicted molar refractivity (Wildman–Crippen MR) is 245 cm³/mol. The molecule has 4 N–H and O–H groups in total. The van der Waals surface area contributed by atoms with E-state index in [-0.39, 0.29) is 72.9 Å². The van der Waals surface area contributed by atoms with Gasteiger partial charge in [-0.25, -0.2) is 14.4 Å². The Kier molecular flexibility index (Phi) is 17.4. The summed E-state index contributed by atoms with van der Waals surface area (Å²) in [6.07, 6.45) is 7.18. The fourth-order valence-electron chi connectivity index (χ4n) is 8.41. The molecule has 1 unspecified atom stereocenters. The summed E-state index contributed by atoms with van der Waals surface area (Å²) in [6.45, 7) is 2.91. The van der Waals surface area contributed by atoms with E-state index in [2.05, 4.69) is 26.3 Å². The lowest BCUT2D eigenvalue weighted by atomic mass is 9.69. The van der Waals surface area contributed by atoms with Crippen molar-refractivity contribution in [1.82, 2.24) is 25.5 Å². The Morgan fingerprint density at radius 2 is 1.67 bits per heavy atom. The molecule has 352 valence electrons. The lowest BCUT2D eigenvalue weighted by molar-refractivity contribution is -0.137. The number of amides is 5. The van der Waals surface area contributed by atoms with Gasteiger partial charge in [0.05, 0.1) is 56.0 Å². The maximum Gasteiger partial charge on any atom is 0.255 e. The van der Waals surface area contributed by atoms with Crippen LogP contribution in [0.25, 0.3) is 0 Å². The van der Waals surface area contributed by atoms with Crippen molar-refractivity contribution in [3.8, 4) is 5.75 Å². The van der Waals surface area contributed by atoms with Gasteiger partial charge in [0.1, 0.15) is 11.9 Å². The van der Waals surface area contributed by atoms with Crippen molar-refractivity contribution in [1.29, 1.82) is 0 Å². The standard InChI is InChI=1S/C47H55ClFN7O9S/c48-35-9-6-11-38(42(35)49)65-32-15-18-47(19-16-32,29-31-7-4-12-39(52-31)54-46-51-21-28-66-46)45(61)50-20-2-1-3-22-62-24-26-64-27-25-63-23-17-41(58)53-36-10-5-8-33-34(36)30-56(44(33)60)37-13-14-40(57)55-43(37)59/h4-12,21,28,32,37H,1-3,13-20,22-27,29-30H2,(H,50,61)(H,53,58)(H,51,52,54)(H,55,57,59). The van der Waals surface area contributed by atoms with Crippen LogP contribution in [0.15, 0.2) is 66.2 Å². The van der Waals surface area contributed by atoms with Crippen LogP contribution in [-0.4, -0.2) is 103 Å². The minimum Gasteiger partial charge on any atom is -0.487 e. The number of carbonyl (C=O) groups excluding carboxylic acids is 5. The number of ether oxygens (including phenoxy) is 4. The van der Waals surface area contributed by atoms with Gasteiger partial charge >= 0.3 is 0 Å². The summed E-state index contributed by atoms with van der Waals surface area (Å²) in [5.41, 5.74) is 1.65. The molecule has 1 atom stereocenters. The summed E-state index contributed by atoms with van der Waals surface area (Å²) >= 11 is 7.46. The summed E-state index contributed by atoms with van der Waals surface area (Å²) in [7, 11) is 0. The smallest absolute Gasteiger partial charge is 0.255 e. The number of halogens is 2. The Morgan fingerprint density at radius 3 is 2.44 bits per heavy atom. The molecule has 16 nitrogen and oxygen atoms in total. The molecular weight excluding hydrogens is 893 g/mol. The van der Waals surface area contributed by atoms with Crippen LogP contribution < -0.4 is 26.0 Å². The Bertz CT molecular complexity index is 2310. The summed E-state index contributed by atoms with van der Waals surface area (Å²) < 4.78 is 37.6. The normalized spacial score (nSPS) is 19.3. The molecule has 4 aromatic rings. The fraction of sp³-hybridized carbons (Fsp3) is 0.468. The highest BCUT2D eigenvalue weighted by Gasteiger charge is 2.43. The van der Waals surface area contributed by atoms with Crippen molar-refractivity contribution in [2.24, 2.45) is 5.41 Å². The number of unbranched alkanes of at least 4 members (excludes halogenated alkanes) is 2. The molecule has 2 aromatic heterocycles. The molecule has 0 spiro atoms. The lowest BCUT2D eigenvalue weighted by Crippen LogP contribution is -2.52. The van der Waals surface area contributed by atoms with Gasteiger partial charge in [-0.2, -0.15) is 0 Å². The molecule has 66 heavy (non-hydrogen) atoms. The van der Waals surface area contributed by atoms with Crippen LogP contribution >= 0.6 is 22.9 Å². The molecule has 1 aliphatic carbocycles. The molecule has 19 heteroatoms. The van der Waals surface area contributed by atoms with Gasteiger partial charge in [0.2, 0.25) is 23.6 Å². The number of rotatable bonds is 24. The van der Waals surface area contributed by atoms with E-state index in [1.807, 2.05) is 23.6 Å². The van der Waals surface area contributed by atoms with Gasteiger partial charge in [0, 0.05) is 66.6 Å². The first-order valence-electron chi connectivity index (χ1n) is 22.4. The van der Waals surface area contributed by atoms with Crippen LogP contribution in [0, 0.1) is 11.2 Å². The minimum absolute atomic E-state index is 0.00628. The van der Waals surface area contributed by atoms with E-state index in [1.54, 1.807) is 36.5 Å². The van der Waals surface area contributed by atoms with Gasteiger partial charge < -0.3 is 39.8 Å². The fourth-order valence-corrected chi connectivity index (χ4v) is 9.11. The molecule has 5 amide bonds. The zero-order chi connectivity index (χ0) is 46.3. The number of nitrogens with one attached hydrogen (secondary N) is 4. The molecule has 7 rings (SSSR count). The second kappa shape index (κ2) is 23.8. The van der Waals surface area contributed by atoms with Crippen molar-refractivity contribution in [3.63, 3.8) is 0 Å². The monoisotopic (exact) mass is 947 g/mol. The first-order chi connectivity index (χ1) is 32.1. The molecule has 4 heterocycles. The first-order valence-corrected chi connectivity index (χ1v) is 23.7. The van der Waals surface area contributed by atoms with E-state index in [0.717, 1.165) is 30.1 Å². The number of piperidine rings is 1. The van der Waals surface area contributed by atoms with Crippen molar-refractivity contribution < 1.29 is 47.3 Å². The minimum atomic E-state index is -0.735. The number of anilines is 3. The van der Waals surface area contributed by atoms with Gasteiger partial charge in [-0.15, -0.1) is 11.3 Å². The molecule has 2 fully saturated rings. The van der Waals surface area contributed by atoms with Crippen molar-refractivity contribution >= 4 is 69.1 Å². The van der Waals surface area contributed by atoms with Gasteiger partial charge in [-0.1, -0.05) is 29.8 Å². The highest BCUT2D eigenvalue weighted by molar-refractivity contribution is 7.13. The molecule has 2 aromatic carbocycles. The summed E-state index contributed by atoms with van der Waals surface area (Å²) in [5.74, 6) is -1.25. The number of pyridine rings is 1. The topological polar surface area (TPSA) is 199 Å². The maximum absolute atomic E-state index is 14.6. The number of fused-ring (bicyclic) bond motifs is 1. The van der Waals surface area contributed by atoms with Gasteiger partial charge in [-0.05, 0) is 87.8 Å². The Hall–Kier alpha value is -5.53. The quantitative estimate of drug-likeness (QED) is 0.0426. The molecular formula is C47H55ClFN7O9S. The maximum atomic E-state index is 14.6. The third-order valence-corrected chi connectivity index (χ3v) is 12.9. The van der Waals surface area contributed by atoms with Gasteiger partial charge in [0.15, 0.2) is 16.7 Å². The third kappa shape index (κ3) is 13.1.